The van der Waals surface area contributed by atoms with Gasteiger partial charge in [0.25, 0.3) is 0 Å². The molecule has 0 saturated heterocycles. The second-order valence-electron chi connectivity index (χ2n) is 5.68. The van der Waals surface area contributed by atoms with Crippen LogP contribution in [0, 0.1) is 0 Å². The molecule has 0 N–H and O–H groups in total. The first-order valence-electron chi connectivity index (χ1n) is 7.87. The second-order valence-corrected chi connectivity index (χ2v) is 5.68. The Kier molecular flexibility index (Phi) is 6.70. The van der Waals surface area contributed by atoms with Crippen LogP contribution in [-0.2, 0) is 0 Å². The largest absolute Gasteiger partial charge is 0.497 e. The van der Waals surface area contributed by atoms with E-state index in [2.05, 4.69) is 49.3 Å². The van der Waals surface area contributed by atoms with Crippen molar-refractivity contribution in [3.8, 4) is 11.5 Å². The van der Waals surface area contributed by atoms with Crippen molar-refractivity contribution in [3.63, 3.8) is 0 Å². The van der Waals surface area contributed by atoms with Gasteiger partial charge in [-0.05, 0) is 55.9 Å². The fourth-order valence-electron chi connectivity index (χ4n) is 2.18. The second kappa shape index (κ2) is 9.01. The summed E-state index contributed by atoms with van der Waals surface area (Å²) in [6.07, 6.45) is 5.20. The summed E-state index contributed by atoms with van der Waals surface area (Å²) in [5.41, 5.74) is 2.27. The van der Waals surface area contributed by atoms with Crippen molar-refractivity contribution >= 4 is 12.2 Å². The maximum absolute atomic E-state index is 5.74. The highest BCUT2D eigenvalue weighted by atomic mass is 16.5. The molecule has 2 rings (SSSR count). The van der Waals surface area contributed by atoms with Gasteiger partial charge < -0.3 is 14.4 Å². The molecule has 3 heteroatoms. The number of ether oxygens (including phenoxy) is 2. The Morgan fingerprint density at radius 1 is 0.913 bits per heavy atom. The molecule has 23 heavy (non-hydrogen) atoms. The third-order valence-corrected chi connectivity index (χ3v) is 3.46. The van der Waals surface area contributed by atoms with E-state index in [4.69, 9.17) is 9.47 Å². The maximum atomic E-state index is 5.74. The van der Waals surface area contributed by atoms with E-state index in [0.717, 1.165) is 42.2 Å². The SMILES string of the molecule is COc1cccc(C=Cc2ccc(OCCCN(C)C)cc2)c1. The third kappa shape index (κ3) is 6.17. The molecular weight excluding hydrogens is 286 g/mol. The summed E-state index contributed by atoms with van der Waals surface area (Å²) in [6, 6.07) is 16.2. The summed E-state index contributed by atoms with van der Waals surface area (Å²) in [5.74, 6) is 1.79. The molecule has 0 radical (unpaired) electrons. The molecule has 0 heterocycles. The molecule has 0 spiro atoms. The van der Waals surface area contributed by atoms with E-state index in [-0.39, 0.29) is 0 Å². The summed E-state index contributed by atoms with van der Waals surface area (Å²) in [4.78, 5) is 2.16. The summed E-state index contributed by atoms with van der Waals surface area (Å²) in [6.45, 7) is 1.79. The van der Waals surface area contributed by atoms with Gasteiger partial charge in [-0.1, -0.05) is 36.4 Å². The Hall–Kier alpha value is -2.26. The predicted molar refractivity (Wildman–Crippen MR) is 97.0 cm³/mol. The highest BCUT2D eigenvalue weighted by Gasteiger charge is 1.96. The zero-order valence-electron chi connectivity index (χ0n) is 14.2. The van der Waals surface area contributed by atoms with Gasteiger partial charge in [-0.15, -0.1) is 0 Å². The van der Waals surface area contributed by atoms with Crippen LogP contribution in [0.3, 0.4) is 0 Å². The van der Waals surface area contributed by atoms with Crippen LogP contribution < -0.4 is 9.47 Å². The van der Waals surface area contributed by atoms with Crippen LogP contribution in [0.1, 0.15) is 17.5 Å². The number of hydrogen-bond acceptors (Lipinski definition) is 3. The molecular formula is C20H25NO2. The Bertz CT molecular complexity index is 618. The molecule has 0 fully saturated rings. The highest BCUT2D eigenvalue weighted by molar-refractivity contribution is 5.70. The van der Waals surface area contributed by atoms with Crippen LogP contribution in [0.15, 0.2) is 48.5 Å². The summed E-state index contributed by atoms with van der Waals surface area (Å²) >= 11 is 0. The molecule has 0 aromatic heterocycles. The lowest BCUT2D eigenvalue weighted by Gasteiger charge is -2.10. The van der Waals surface area contributed by atoms with Crippen LogP contribution in [0.4, 0.5) is 0 Å². The predicted octanol–water partition coefficient (Wildman–Crippen LogP) is 4.20. The quantitative estimate of drug-likeness (QED) is 0.539. The lowest BCUT2D eigenvalue weighted by atomic mass is 10.1. The minimum Gasteiger partial charge on any atom is -0.497 e. The van der Waals surface area contributed by atoms with Crippen molar-refractivity contribution in [1.29, 1.82) is 0 Å². The van der Waals surface area contributed by atoms with Gasteiger partial charge in [0.15, 0.2) is 0 Å². The van der Waals surface area contributed by atoms with Crippen molar-refractivity contribution in [2.45, 2.75) is 6.42 Å². The smallest absolute Gasteiger partial charge is 0.119 e. The monoisotopic (exact) mass is 311 g/mol. The van der Waals surface area contributed by atoms with Gasteiger partial charge in [0.2, 0.25) is 0 Å². The van der Waals surface area contributed by atoms with Crippen LogP contribution >= 0.6 is 0 Å². The molecule has 0 bridgehead atoms. The average Bonchev–Trinajstić information content (AvgIpc) is 2.58. The molecule has 0 amide bonds. The van der Waals surface area contributed by atoms with Gasteiger partial charge in [0, 0.05) is 6.54 Å². The van der Waals surface area contributed by atoms with E-state index in [0.29, 0.717) is 0 Å². The van der Waals surface area contributed by atoms with E-state index >= 15 is 0 Å². The van der Waals surface area contributed by atoms with E-state index in [1.165, 1.54) is 0 Å². The Morgan fingerprint density at radius 3 is 2.35 bits per heavy atom. The molecule has 2 aromatic rings. The van der Waals surface area contributed by atoms with E-state index in [9.17, 15) is 0 Å². The van der Waals surface area contributed by atoms with Crippen LogP contribution in [0.2, 0.25) is 0 Å². The van der Waals surface area contributed by atoms with Crippen molar-refractivity contribution in [2.24, 2.45) is 0 Å². The summed E-state index contributed by atoms with van der Waals surface area (Å²) in [7, 11) is 5.83. The zero-order chi connectivity index (χ0) is 16.5. The first-order valence-corrected chi connectivity index (χ1v) is 7.87. The Labute approximate surface area is 139 Å². The van der Waals surface area contributed by atoms with E-state index in [1.54, 1.807) is 7.11 Å². The first kappa shape index (κ1) is 17.1. The van der Waals surface area contributed by atoms with Gasteiger partial charge in [0.1, 0.15) is 11.5 Å². The van der Waals surface area contributed by atoms with Crippen LogP contribution in [0.25, 0.3) is 12.2 Å². The summed E-state index contributed by atoms with van der Waals surface area (Å²) < 4.78 is 11.0. The zero-order valence-corrected chi connectivity index (χ0v) is 14.2. The molecule has 0 saturated carbocycles. The van der Waals surface area contributed by atoms with E-state index < -0.39 is 0 Å². The fraction of sp³-hybridized carbons (Fsp3) is 0.300. The number of rotatable bonds is 8. The Balaban J connectivity index is 1.87. The summed E-state index contributed by atoms with van der Waals surface area (Å²) in [5, 5.41) is 0. The van der Waals surface area contributed by atoms with Crippen LogP contribution in [0.5, 0.6) is 11.5 Å². The van der Waals surface area contributed by atoms with Crippen molar-refractivity contribution < 1.29 is 9.47 Å². The number of benzene rings is 2. The van der Waals surface area contributed by atoms with Crippen molar-refractivity contribution in [2.75, 3.05) is 34.4 Å². The minimum atomic E-state index is 0.747. The van der Waals surface area contributed by atoms with Crippen molar-refractivity contribution in [1.82, 2.24) is 4.90 Å². The van der Waals surface area contributed by atoms with E-state index in [1.807, 2.05) is 30.3 Å². The average molecular weight is 311 g/mol. The lowest BCUT2D eigenvalue weighted by Crippen LogP contribution is -2.15. The van der Waals surface area contributed by atoms with Gasteiger partial charge in [0.05, 0.1) is 13.7 Å². The normalized spacial score (nSPS) is 11.1. The van der Waals surface area contributed by atoms with Crippen LogP contribution in [-0.4, -0.2) is 39.3 Å². The minimum absolute atomic E-state index is 0.747. The van der Waals surface area contributed by atoms with Gasteiger partial charge >= 0.3 is 0 Å². The molecule has 0 aliphatic rings. The lowest BCUT2D eigenvalue weighted by molar-refractivity contribution is 0.281. The van der Waals surface area contributed by atoms with Gasteiger partial charge in [-0.3, -0.25) is 0 Å². The van der Waals surface area contributed by atoms with Crippen molar-refractivity contribution in [3.05, 3.63) is 59.7 Å². The number of hydrogen-bond donors (Lipinski definition) is 0. The number of nitrogens with zero attached hydrogens (tertiary/aromatic N) is 1. The standard InChI is InChI=1S/C20H25NO2/c1-21(2)14-5-15-23-19-12-10-17(11-13-19)8-9-18-6-4-7-20(16-18)22-3/h4,6-13,16H,5,14-15H2,1-3H3. The topological polar surface area (TPSA) is 21.7 Å². The molecule has 0 aliphatic carbocycles. The molecule has 0 unspecified atom stereocenters. The molecule has 3 nitrogen and oxygen atoms in total. The Morgan fingerprint density at radius 2 is 1.65 bits per heavy atom. The van der Waals surface area contributed by atoms with Gasteiger partial charge in [-0.2, -0.15) is 0 Å². The highest BCUT2D eigenvalue weighted by Crippen LogP contribution is 2.17. The molecule has 0 atom stereocenters. The third-order valence-electron chi connectivity index (χ3n) is 3.46. The fourth-order valence-corrected chi connectivity index (χ4v) is 2.18. The molecule has 122 valence electrons. The first-order chi connectivity index (χ1) is 11.2. The maximum Gasteiger partial charge on any atom is 0.119 e. The molecule has 0 aliphatic heterocycles. The molecule has 2 aromatic carbocycles. The van der Waals surface area contributed by atoms with Gasteiger partial charge in [-0.25, -0.2) is 0 Å². The number of methoxy groups -OCH3 is 1.